The number of nitrogens with zero attached hydrogens (tertiary/aromatic N) is 1. The lowest BCUT2D eigenvalue weighted by molar-refractivity contribution is -0.635. The second kappa shape index (κ2) is 2.96. The summed E-state index contributed by atoms with van der Waals surface area (Å²) in [4.78, 5) is 9.62. The molecule has 60 valence electrons. The van der Waals surface area contributed by atoms with Gasteiger partial charge in [0, 0.05) is 6.42 Å². The standard InChI is InChI=1S/C6H13NO3/c1-4-6(8,5(2)3)7(9)10/h5,8H,4H2,1-3H3. The molecule has 1 N–H and O–H groups in total. The molecule has 0 aromatic carbocycles. The van der Waals surface area contributed by atoms with Crippen LogP contribution in [0.25, 0.3) is 0 Å². The fourth-order valence-corrected chi connectivity index (χ4v) is 0.748. The van der Waals surface area contributed by atoms with Crippen LogP contribution < -0.4 is 0 Å². The molecule has 10 heavy (non-hydrogen) atoms. The summed E-state index contributed by atoms with van der Waals surface area (Å²) in [5, 5.41) is 19.5. The van der Waals surface area contributed by atoms with E-state index in [4.69, 9.17) is 0 Å². The van der Waals surface area contributed by atoms with E-state index < -0.39 is 10.6 Å². The molecular formula is C6H13NO3. The summed E-state index contributed by atoms with van der Waals surface area (Å²) in [6.45, 7) is 4.86. The summed E-state index contributed by atoms with van der Waals surface area (Å²) in [5.41, 5.74) is -1.74. The predicted molar refractivity (Wildman–Crippen MR) is 37.1 cm³/mol. The van der Waals surface area contributed by atoms with Gasteiger partial charge in [-0.3, -0.25) is 10.1 Å². The maximum absolute atomic E-state index is 10.2. The molecule has 0 bridgehead atoms. The minimum Gasteiger partial charge on any atom is -0.330 e. The molecule has 0 aromatic heterocycles. The molecule has 0 amide bonds. The van der Waals surface area contributed by atoms with E-state index in [-0.39, 0.29) is 12.3 Å². The van der Waals surface area contributed by atoms with Crippen LogP contribution in [0, 0.1) is 16.0 Å². The van der Waals surface area contributed by atoms with Crippen molar-refractivity contribution in [3.8, 4) is 0 Å². The molecule has 0 rings (SSSR count). The van der Waals surface area contributed by atoms with E-state index >= 15 is 0 Å². The van der Waals surface area contributed by atoms with Gasteiger partial charge in [0.25, 0.3) is 0 Å². The van der Waals surface area contributed by atoms with E-state index in [1.807, 2.05) is 0 Å². The third-order valence-electron chi connectivity index (χ3n) is 1.76. The van der Waals surface area contributed by atoms with Gasteiger partial charge in [-0.15, -0.1) is 0 Å². The van der Waals surface area contributed by atoms with Gasteiger partial charge in [-0.2, -0.15) is 0 Å². The average molecular weight is 147 g/mol. The van der Waals surface area contributed by atoms with Crippen LogP contribution in [-0.4, -0.2) is 15.8 Å². The van der Waals surface area contributed by atoms with Gasteiger partial charge >= 0.3 is 5.72 Å². The van der Waals surface area contributed by atoms with Gasteiger partial charge in [0.1, 0.15) is 0 Å². The Morgan fingerprint density at radius 2 is 2.10 bits per heavy atom. The van der Waals surface area contributed by atoms with Gasteiger partial charge in [-0.05, 0) is 0 Å². The summed E-state index contributed by atoms with van der Waals surface area (Å²) in [6.07, 6.45) is 0.150. The molecule has 0 saturated heterocycles. The first-order valence-electron chi connectivity index (χ1n) is 3.32. The van der Waals surface area contributed by atoms with Crippen molar-refractivity contribution in [2.45, 2.75) is 32.9 Å². The molecule has 0 spiro atoms. The molecule has 0 aliphatic rings. The van der Waals surface area contributed by atoms with Crippen molar-refractivity contribution in [1.29, 1.82) is 0 Å². The van der Waals surface area contributed by atoms with Crippen molar-refractivity contribution in [2.24, 2.45) is 5.92 Å². The summed E-state index contributed by atoms with van der Waals surface area (Å²) in [7, 11) is 0. The molecule has 1 unspecified atom stereocenters. The number of aliphatic hydroxyl groups is 1. The Kier molecular flexibility index (Phi) is 2.77. The summed E-state index contributed by atoms with van der Waals surface area (Å²) in [5.74, 6) is -0.340. The Morgan fingerprint density at radius 3 is 2.10 bits per heavy atom. The zero-order valence-electron chi connectivity index (χ0n) is 6.50. The van der Waals surface area contributed by atoms with Crippen LogP contribution in [0.1, 0.15) is 27.2 Å². The van der Waals surface area contributed by atoms with Gasteiger partial charge in [-0.25, -0.2) is 0 Å². The zero-order valence-corrected chi connectivity index (χ0v) is 6.50. The maximum atomic E-state index is 10.2. The number of rotatable bonds is 3. The Bertz CT molecular complexity index is 135. The van der Waals surface area contributed by atoms with E-state index in [9.17, 15) is 15.2 Å². The van der Waals surface area contributed by atoms with E-state index in [2.05, 4.69) is 0 Å². The number of hydrogen-bond donors (Lipinski definition) is 1. The predicted octanol–water partition coefficient (Wildman–Crippen LogP) is 1.02. The molecule has 1 atom stereocenters. The van der Waals surface area contributed by atoms with Crippen LogP contribution in [0.4, 0.5) is 0 Å². The molecule has 0 fully saturated rings. The molecule has 0 saturated carbocycles. The first-order valence-corrected chi connectivity index (χ1v) is 3.32. The molecule has 0 aromatic rings. The third-order valence-corrected chi connectivity index (χ3v) is 1.76. The molecule has 0 aliphatic heterocycles. The minimum absolute atomic E-state index is 0.150. The van der Waals surface area contributed by atoms with Gasteiger partial charge in [0.15, 0.2) is 0 Å². The van der Waals surface area contributed by atoms with Crippen molar-refractivity contribution in [3.05, 3.63) is 10.1 Å². The average Bonchev–Trinajstić information content (AvgIpc) is 1.85. The van der Waals surface area contributed by atoms with Crippen LogP contribution in [0.5, 0.6) is 0 Å². The molecule has 4 nitrogen and oxygen atoms in total. The largest absolute Gasteiger partial charge is 0.330 e. The second-order valence-corrected chi connectivity index (χ2v) is 2.64. The highest BCUT2D eigenvalue weighted by atomic mass is 16.7. The topological polar surface area (TPSA) is 63.4 Å². The van der Waals surface area contributed by atoms with Crippen LogP contribution >= 0.6 is 0 Å². The van der Waals surface area contributed by atoms with Crippen LogP contribution in [0.2, 0.25) is 0 Å². The highest BCUT2D eigenvalue weighted by molar-refractivity contribution is 4.66. The maximum Gasteiger partial charge on any atom is 0.324 e. The molecule has 0 heterocycles. The van der Waals surface area contributed by atoms with E-state index in [1.54, 1.807) is 20.8 Å². The third kappa shape index (κ3) is 1.44. The van der Waals surface area contributed by atoms with Crippen LogP contribution in [0.3, 0.4) is 0 Å². The zero-order chi connectivity index (χ0) is 8.36. The fraction of sp³-hybridized carbons (Fsp3) is 1.00. The Labute approximate surface area is 60.0 Å². The summed E-state index contributed by atoms with van der Waals surface area (Å²) in [6, 6.07) is 0. The van der Waals surface area contributed by atoms with Gasteiger partial charge in [0.2, 0.25) is 0 Å². The monoisotopic (exact) mass is 147 g/mol. The van der Waals surface area contributed by atoms with Gasteiger partial charge in [0.05, 0.1) is 10.8 Å². The molecule has 0 radical (unpaired) electrons. The Hall–Kier alpha value is -0.640. The Morgan fingerprint density at radius 1 is 1.70 bits per heavy atom. The number of hydrogen-bond acceptors (Lipinski definition) is 3. The Balaban J connectivity index is 4.38. The van der Waals surface area contributed by atoms with Crippen molar-refractivity contribution < 1.29 is 10.0 Å². The highest BCUT2D eigenvalue weighted by Crippen LogP contribution is 2.20. The molecule has 0 aliphatic carbocycles. The fourth-order valence-electron chi connectivity index (χ4n) is 0.748. The minimum atomic E-state index is -1.74. The van der Waals surface area contributed by atoms with Crippen molar-refractivity contribution in [2.75, 3.05) is 0 Å². The lowest BCUT2D eigenvalue weighted by atomic mass is 9.98. The summed E-state index contributed by atoms with van der Waals surface area (Å²) < 4.78 is 0. The molecular weight excluding hydrogens is 134 g/mol. The van der Waals surface area contributed by atoms with Crippen LogP contribution in [0.15, 0.2) is 0 Å². The van der Waals surface area contributed by atoms with Gasteiger partial charge < -0.3 is 5.11 Å². The van der Waals surface area contributed by atoms with E-state index in [0.29, 0.717) is 0 Å². The second-order valence-electron chi connectivity index (χ2n) is 2.64. The van der Waals surface area contributed by atoms with Gasteiger partial charge in [-0.1, -0.05) is 20.8 Å². The lowest BCUT2D eigenvalue weighted by Gasteiger charge is -2.20. The van der Waals surface area contributed by atoms with Crippen molar-refractivity contribution >= 4 is 0 Å². The van der Waals surface area contributed by atoms with Crippen molar-refractivity contribution in [1.82, 2.24) is 0 Å². The smallest absolute Gasteiger partial charge is 0.324 e. The highest BCUT2D eigenvalue weighted by Gasteiger charge is 2.41. The molecule has 4 heteroatoms. The van der Waals surface area contributed by atoms with E-state index in [0.717, 1.165) is 0 Å². The van der Waals surface area contributed by atoms with Crippen LogP contribution in [-0.2, 0) is 0 Å². The van der Waals surface area contributed by atoms with Crippen molar-refractivity contribution in [3.63, 3.8) is 0 Å². The first kappa shape index (κ1) is 9.36. The number of nitro groups is 1. The lowest BCUT2D eigenvalue weighted by Crippen LogP contribution is -2.42. The normalized spacial score (nSPS) is 16.9. The quantitative estimate of drug-likeness (QED) is 0.368. The van der Waals surface area contributed by atoms with E-state index in [1.165, 1.54) is 0 Å². The first-order chi connectivity index (χ1) is 4.45. The summed E-state index contributed by atoms with van der Waals surface area (Å²) >= 11 is 0. The SMILES string of the molecule is CCC(O)(C(C)C)[N+](=O)[O-].